The topological polar surface area (TPSA) is 48.3 Å². The molecule has 6 heteroatoms. The monoisotopic (exact) mass is 485 g/mol. The van der Waals surface area contributed by atoms with Gasteiger partial charge >= 0.3 is 5.97 Å². The molecule has 0 fully saturated rings. The van der Waals surface area contributed by atoms with Crippen molar-refractivity contribution in [1.29, 1.82) is 0 Å². The van der Waals surface area contributed by atoms with Crippen molar-refractivity contribution in [3.05, 3.63) is 75.4 Å². The van der Waals surface area contributed by atoms with Crippen LogP contribution in [0.4, 0.5) is 0 Å². The van der Waals surface area contributed by atoms with Gasteiger partial charge in [0.25, 0.3) is 0 Å². The molecule has 0 bridgehead atoms. The molecule has 0 radical (unpaired) electrons. The Bertz CT molecular complexity index is 1130. The van der Waals surface area contributed by atoms with Gasteiger partial charge in [0.1, 0.15) is 6.10 Å². The summed E-state index contributed by atoms with van der Waals surface area (Å²) in [5.41, 5.74) is 3.42. The Hall–Kier alpha value is -2.37. The Balaban J connectivity index is 2.04. The van der Waals surface area contributed by atoms with Gasteiger partial charge < -0.3 is 9.30 Å². The molecule has 1 atom stereocenters. The number of esters is 1. The lowest BCUT2D eigenvalue weighted by Crippen LogP contribution is -2.35. The smallest absolute Gasteiger partial charge is 0.303 e. The van der Waals surface area contributed by atoms with Gasteiger partial charge in [0.2, 0.25) is 0 Å². The van der Waals surface area contributed by atoms with E-state index in [1.54, 1.807) is 0 Å². The minimum Gasteiger partial charge on any atom is -0.455 e. The summed E-state index contributed by atoms with van der Waals surface area (Å²) >= 11 is 9.57. The molecule has 4 nitrogen and oxygen atoms in total. The molecule has 1 aliphatic rings. The maximum Gasteiger partial charge on any atom is 0.303 e. The molecule has 0 aliphatic heterocycles. The summed E-state index contributed by atoms with van der Waals surface area (Å²) in [6.07, 6.45) is -0.241. The number of ether oxygens (including phenoxy) is 1. The van der Waals surface area contributed by atoms with Crippen molar-refractivity contribution in [2.45, 2.75) is 33.3 Å². The zero-order valence-corrected chi connectivity index (χ0v) is 19.3. The Kier molecular flexibility index (Phi) is 5.37. The normalized spacial score (nSPS) is 17.5. The van der Waals surface area contributed by atoms with E-state index >= 15 is 0 Å². The molecule has 1 unspecified atom stereocenters. The third-order valence-corrected chi connectivity index (χ3v) is 6.20. The highest BCUT2D eigenvalue weighted by molar-refractivity contribution is 9.10. The average Bonchev–Trinajstić information content (AvgIpc) is 3.06. The minimum atomic E-state index is -0.549. The molecule has 0 spiro atoms. The number of nitrogens with zero attached hydrogens (tertiary/aromatic N) is 1. The molecular weight excluding hydrogens is 466 g/mol. The standard InChI is InChI=1S/C24H21BrClNO3/c1-14(28)30-23-22-19(21(29)13-24(23,2)3)12-20(15-4-8-17(26)9-5-15)27(22)18-10-6-16(25)7-11-18/h4-12,23H,13H2,1-3H3. The quantitative estimate of drug-likeness (QED) is 0.384. The number of halogens is 2. The third kappa shape index (κ3) is 3.72. The number of carbonyl (C=O) groups is 2. The Labute approximate surface area is 188 Å². The predicted octanol–water partition coefficient (Wildman–Crippen LogP) is 6.78. The zero-order chi connectivity index (χ0) is 21.6. The van der Waals surface area contributed by atoms with Crippen LogP contribution in [-0.4, -0.2) is 16.3 Å². The number of ketones is 1. The first-order chi connectivity index (χ1) is 14.2. The maximum atomic E-state index is 13.1. The largest absolute Gasteiger partial charge is 0.455 e. The lowest BCUT2D eigenvalue weighted by atomic mass is 9.73. The van der Waals surface area contributed by atoms with E-state index in [9.17, 15) is 9.59 Å². The van der Waals surface area contributed by atoms with Gasteiger partial charge in [-0.3, -0.25) is 9.59 Å². The summed E-state index contributed by atoms with van der Waals surface area (Å²) in [5.74, 6) is -0.325. The van der Waals surface area contributed by atoms with E-state index in [1.165, 1.54) is 6.92 Å². The number of aromatic nitrogens is 1. The summed E-state index contributed by atoms with van der Waals surface area (Å²) in [6, 6.07) is 17.2. The second kappa shape index (κ2) is 7.71. The number of hydrogen-bond acceptors (Lipinski definition) is 3. The summed E-state index contributed by atoms with van der Waals surface area (Å²) < 4.78 is 8.77. The Morgan fingerprint density at radius 1 is 1.13 bits per heavy atom. The zero-order valence-electron chi connectivity index (χ0n) is 16.9. The van der Waals surface area contributed by atoms with E-state index in [-0.39, 0.29) is 11.8 Å². The number of benzene rings is 2. The molecule has 2 aromatic carbocycles. The third-order valence-electron chi connectivity index (χ3n) is 5.42. The Morgan fingerprint density at radius 2 is 1.77 bits per heavy atom. The minimum absolute atomic E-state index is 0.0458. The molecule has 1 aliphatic carbocycles. The van der Waals surface area contributed by atoms with Crippen molar-refractivity contribution in [2.24, 2.45) is 5.41 Å². The molecule has 0 amide bonds. The Morgan fingerprint density at radius 3 is 2.37 bits per heavy atom. The van der Waals surface area contributed by atoms with Gasteiger partial charge in [-0.15, -0.1) is 0 Å². The molecule has 1 aromatic heterocycles. The number of rotatable bonds is 3. The van der Waals surface area contributed by atoms with Crippen LogP contribution in [0.5, 0.6) is 0 Å². The van der Waals surface area contributed by atoms with Crippen molar-refractivity contribution in [1.82, 2.24) is 4.57 Å². The highest BCUT2D eigenvalue weighted by Crippen LogP contribution is 2.49. The summed E-state index contributed by atoms with van der Waals surface area (Å²) in [5, 5.41) is 0.639. The summed E-state index contributed by atoms with van der Waals surface area (Å²) in [7, 11) is 0. The van der Waals surface area contributed by atoms with Gasteiger partial charge in [-0.2, -0.15) is 0 Å². The highest BCUT2D eigenvalue weighted by atomic mass is 79.9. The molecular formula is C24H21BrClNO3. The summed E-state index contributed by atoms with van der Waals surface area (Å²) in [6.45, 7) is 5.32. The molecule has 30 heavy (non-hydrogen) atoms. The van der Waals surface area contributed by atoms with Gasteiger partial charge in [-0.1, -0.05) is 53.5 Å². The highest BCUT2D eigenvalue weighted by Gasteiger charge is 2.45. The van der Waals surface area contributed by atoms with Gasteiger partial charge in [0, 0.05) is 39.5 Å². The van der Waals surface area contributed by atoms with Crippen LogP contribution < -0.4 is 0 Å². The van der Waals surface area contributed by atoms with Crippen molar-refractivity contribution in [3.8, 4) is 16.9 Å². The van der Waals surface area contributed by atoms with E-state index in [0.717, 1.165) is 21.4 Å². The average molecular weight is 487 g/mol. The molecule has 154 valence electrons. The fourth-order valence-corrected chi connectivity index (χ4v) is 4.45. The van der Waals surface area contributed by atoms with E-state index in [0.29, 0.717) is 22.7 Å². The second-order valence-corrected chi connectivity index (χ2v) is 9.58. The molecule has 3 aromatic rings. The van der Waals surface area contributed by atoms with E-state index in [2.05, 4.69) is 15.9 Å². The molecule has 0 N–H and O–H groups in total. The van der Waals surface area contributed by atoms with Crippen LogP contribution in [0.15, 0.2) is 59.1 Å². The van der Waals surface area contributed by atoms with Crippen LogP contribution in [-0.2, 0) is 9.53 Å². The van der Waals surface area contributed by atoms with E-state index < -0.39 is 11.5 Å². The number of fused-ring (bicyclic) bond motifs is 1. The van der Waals surface area contributed by atoms with Crippen molar-refractivity contribution >= 4 is 39.3 Å². The fourth-order valence-electron chi connectivity index (χ4n) is 4.06. The number of carbonyl (C=O) groups excluding carboxylic acids is 2. The SMILES string of the molecule is CC(=O)OC1c2c(cc(-c3ccc(Cl)cc3)n2-c2ccc(Br)cc2)C(=O)CC1(C)C. The van der Waals surface area contributed by atoms with Crippen molar-refractivity contribution < 1.29 is 14.3 Å². The van der Waals surface area contributed by atoms with E-state index in [1.807, 2.05) is 73.0 Å². The summed E-state index contributed by atoms with van der Waals surface area (Å²) in [4.78, 5) is 25.0. The van der Waals surface area contributed by atoms with Crippen molar-refractivity contribution in [3.63, 3.8) is 0 Å². The first-order valence-corrected chi connectivity index (χ1v) is 10.8. The lowest BCUT2D eigenvalue weighted by Gasteiger charge is -2.38. The number of Topliss-reactive ketones (excluding diaryl/α,β-unsaturated/α-hetero) is 1. The van der Waals surface area contributed by atoms with Crippen LogP contribution in [0, 0.1) is 5.41 Å². The maximum absolute atomic E-state index is 13.1. The van der Waals surface area contributed by atoms with Crippen LogP contribution in [0.25, 0.3) is 16.9 Å². The van der Waals surface area contributed by atoms with Gasteiger partial charge in [0.15, 0.2) is 5.78 Å². The lowest BCUT2D eigenvalue weighted by molar-refractivity contribution is -0.154. The van der Waals surface area contributed by atoms with Crippen LogP contribution in [0.1, 0.15) is 49.3 Å². The molecule has 0 saturated carbocycles. The van der Waals surface area contributed by atoms with Gasteiger partial charge in [0.05, 0.1) is 11.4 Å². The predicted molar refractivity (Wildman–Crippen MR) is 121 cm³/mol. The first-order valence-electron chi connectivity index (χ1n) is 9.65. The fraction of sp³-hybridized carbons (Fsp3) is 0.250. The van der Waals surface area contributed by atoms with Crippen LogP contribution in [0.2, 0.25) is 5.02 Å². The molecule has 1 heterocycles. The van der Waals surface area contributed by atoms with Crippen LogP contribution >= 0.6 is 27.5 Å². The van der Waals surface area contributed by atoms with Crippen molar-refractivity contribution in [2.75, 3.05) is 0 Å². The molecule has 0 saturated heterocycles. The number of hydrogen-bond donors (Lipinski definition) is 0. The van der Waals surface area contributed by atoms with Crippen LogP contribution in [0.3, 0.4) is 0 Å². The van der Waals surface area contributed by atoms with Gasteiger partial charge in [-0.05, 0) is 48.0 Å². The molecule has 4 rings (SSSR count). The van der Waals surface area contributed by atoms with Gasteiger partial charge in [-0.25, -0.2) is 0 Å². The first kappa shape index (κ1) is 20.9. The van der Waals surface area contributed by atoms with E-state index in [4.69, 9.17) is 16.3 Å². The second-order valence-electron chi connectivity index (χ2n) is 8.23.